The predicted octanol–water partition coefficient (Wildman–Crippen LogP) is 7.42. The van der Waals surface area contributed by atoms with Gasteiger partial charge in [-0.05, 0) is 116 Å². The van der Waals surface area contributed by atoms with Crippen LogP contribution in [0.5, 0.6) is 0 Å². The van der Waals surface area contributed by atoms with Gasteiger partial charge >= 0.3 is 18.4 Å². The fourth-order valence-corrected chi connectivity index (χ4v) is 10.3. The maximum Gasteiger partial charge on any atom is 0.433 e. The third kappa shape index (κ3) is 14.0. The highest BCUT2D eigenvalue weighted by molar-refractivity contribution is 6.32. The summed E-state index contributed by atoms with van der Waals surface area (Å²) < 4.78 is 65.3. The summed E-state index contributed by atoms with van der Waals surface area (Å²) in [6.07, 6.45) is 4.48. The molecule has 4 aliphatic rings. The Kier molecular flexibility index (Phi) is 18.2. The van der Waals surface area contributed by atoms with Gasteiger partial charge in [0.05, 0.1) is 23.6 Å². The number of methoxy groups -OCH3 is 2. The lowest BCUT2D eigenvalue weighted by Gasteiger charge is -2.37. The number of H-pyrrole nitrogens is 1. The Morgan fingerprint density at radius 2 is 1.21 bits per heavy atom. The fourth-order valence-electron chi connectivity index (χ4n) is 10.1. The Labute approximate surface area is 471 Å². The van der Waals surface area contributed by atoms with Crippen LogP contribution in [0, 0.1) is 0 Å². The molecule has 2 saturated heterocycles. The molecule has 0 aromatic carbocycles. The number of nitrogens with zero attached hydrogens (tertiary/aromatic N) is 12. The molecule has 0 saturated carbocycles. The monoisotopic (exact) mass is 1150 g/mol. The van der Waals surface area contributed by atoms with Crippen molar-refractivity contribution in [2.45, 2.75) is 143 Å². The zero-order valence-corrected chi connectivity index (χ0v) is 48.3. The second kappa shape index (κ2) is 24.6. The molecule has 9 rings (SSSR count). The lowest BCUT2D eigenvalue weighted by Crippen LogP contribution is -2.51. The molecule has 2 atom stereocenters. The first-order valence-corrected chi connectivity index (χ1v) is 27.6. The first kappa shape index (κ1) is 60.0. The standard InChI is InChI=1S/C31H38ClF3N8O5.C23H34N6O4/c1-6-21-24(40-13-15-41(16-14-40)29(46)48-30(2,3)4)27(45)43-28(38-26(39-43)18-7-9-19(47-5)10-8-18)42(21)17-23(44)36-20-11-12-22(31(33,34)35)37-25(20)32;1-6-17-18(27-11-13-28(14-12-27)22(31)33-23(2,3)4)20(30)29-21(24-17)25-19(26-29)15-7-9-16(32-5)10-8-15/h7,11-12,19H,6,8-10,13-17H2,1-5H3,(H,36,44);7,16H,6,8-14H2,1-5H3,(H,24,25,26). The van der Waals surface area contributed by atoms with Gasteiger partial charge < -0.3 is 53.4 Å². The van der Waals surface area contributed by atoms with E-state index in [0.717, 1.165) is 54.7 Å². The molecular formula is C54H72ClF3N14O9. The van der Waals surface area contributed by atoms with Crippen molar-refractivity contribution in [3.05, 3.63) is 78.9 Å². The summed E-state index contributed by atoms with van der Waals surface area (Å²) in [6.45, 7) is 17.7. The molecule has 2 N–H and O–H groups in total. The van der Waals surface area contributed by atoms with Gasteiger partial charge in [-0.2, -0.15) is 32.2 Å². The molecule has 5 aromatic heterocycles. The van der Waals surface area contributed by atoms with E-state index < -0.39 is 45.8 Å². The highest BCUT2D eigenvalue weighted by atomic mass is 35.5. The van der Waals surface area contributed by atoms with Crippen molar-refractivity contribution < 1.29 is 46.5 Å². The van der Waals surface area contributed by atoms with Crippen LogP contribution in [0.2, 0.25) is 5.15 Å². The number of hydrogen-bond acceptors (Lipinski definition) is 16. The van der Waals surface area contributed by atoms with Crippen LogP contribution in [0.1, 0.15) is 123 Å². The molecule has 7 heterocycles. The van der Waals surface area contributed by atoms with Crippen LogP contribution in [0.3, 0.4) is 0 Å². The average Bonchev–Trinajstić information content (AvgIpc) is 4.16. The van der Waals surface area contributed by atoms with Gasteiger partial charge in [-0.1, -0.05) is 37.6 Å². The lowest BCUT2D eigenvalue weighted by atomic mass is 9.97. The second-order valence-electron chi connectivity index (χ2n) is 22.2. The number of piperazine rings is 2. The number of aryl methyl sites for hydroxylation is 1. The summed E-state index contributed by atoms with van der Waals surface area (Å²) in [5, 5.41) is 11.1. The Hall–Kier alpha value is -7.06. The number of carbonyl (C=O) groups excluding carboxylic acids is 3. The van der Waals surface area contributed by atoms with Crippen LogP contribution in [-0.4, -0.2) is 162 Å². The highest BCUT2D eigenvalue weighted by Crippen LogP contribution is 2.33. The summed E-state index contributed by atoms with van der Waals surface area (Å²) in [5.41, 5.74) is 1.03. The number of aromatic nitrogens is 9. The number of fused-ring (bicyclic) bond motifs is 2. The van der Waals surface area contributed by atoms with Gasteiger partial charge in [-0.15, -0.1) is 10.2 Å². The summed E-state index contributed by atoms with van der Waals surface area (Å²) in [6, 6.07) is 1.76. The molecule has 2 aliphatic carbocycles. The summed E-state index contributed by atoms with van der Waals surface area (Å²) in [4.78, 5) is 89.3. The first-order valence-electron chi connectivity index (χ1n) is 27.3. The largest absolute Gasteiger partial charge is 0.444 e. The van der Waals surface area contributed by atoms with Crippen molar-refractivity contribution in [2.75, 3.05) is 81.7 Å². The normalized spacial score (nSPS) is 18.3. The number of hydrogen-bond donors (Lipinski definition) is 2. The molecule has 27 heteroatoms. The van der Waals surface area contributed by atoms with Crippen molar-refractivity contribution >= 4 is 69.5 Å². The van der Waals surface area contributed by atoms with Crippen molar-refractivity contribution in [1.29, 1.82) is 0 Å². The van der Waals surface area contributed by atoms with Gasteiger partial charge in [0.1, 0.15) is 34.8 Å². The number of anilines is 3. The number of allylic oxidation sites excluding steroid dienone is 2. The van der Waals surface area contributed by atoms with E-state index >= 15 is 0 Å². The van der Waals surface area contributed by atoms with Crippen LogP contribution >= 0.6 is 11.6 Å². The van der Waals surface area contributed by atoms with E-state index in [9.17, 15) is 37.1 Å². The van der Waals surface area contributed by atoms with Gasteiger partial charge in [-0.3, -0.25) is 14.4 Å². The van der Waals surface area contributed by atoms with Crippen molar-refractivity contribution in [1.82, 2.24) is 53.5 Å². The Bertz CT molecular complexity index is 3320. The number of carbonyl (C=O) groups is 3. The third-order valence-corrected chi connectivity index (χ3v) is 14.5. The number of alkyl halides is 3. The van der Waals surface area contributed by atoms with Crippen LogP contribution in [0.25, 0.3) is 22.7 Å². The van der Waals surface area contributed by atoms with Gasteiger partial charge in [0.15, 0.2) is 16.8 Å². The topological polar surface area (TPSA) is 241 Å². The van der Waals surface area contributed by atoms with Crippen molar-refractivity contribution in [3.63, 3.8) is 0 Å². The Morgan fingerprint density at radius 1 is 0.704 bits per heavy atom. The summed E-state index contributed by atoms with van der Waals surface area (Å²) >= 11 is 6.00. The highest BCUT2D eigenvalue weighted by Gasteiger charge is 2.35. The molecule has 2 fully saturated rings. The summed E-state index contributed by atoms with van der Waals surface area (Å²) in [7, 11) is 3.38. The molecule has 81 heavy (non-hydrogen) atoms. The van der Waals surface area contributed by atoms with E-state index in [4.69, 9.17) is 35.5 Å². The molecule has 23 nitrogen and oxygen atoms in total. The number of aromatic amines is 1. The number of amides is 3. The van der Waals surface area contributed by atoms with Gasteiger partial charge in [0, 0.05) is 72.3 Å². The van der Waals surface area contributed by atoms with Gasteiger partial charge in [0.25, 0.3) is 11.1 Å². The summed E-state index contributed by atoms with van der Waals surface area (Å²) in [5.74, 6) is 0.887. The number of pyridine rings is 1. The molecule has 3 amide bonds. The van der Waals surface area contributed by atoms with E-state index in [2.05, 4.69) is 36.5 Å². The fraction of sp³-hybridized carbons (Fsp3) is 0.593. The van der Waals surface area contributed by atoms with Crippen molar-refractivity contribution in [2.24, 2.45) is 0 Å². The van der Waals surface area contributed by atoms with E-state index in [1.807, 2.05) is 50.5 Å². The molecule has 2 unspecified atom stereocenters. The SMILES string of the molecule is CCc1[nH]c2nc(C3=CCC(OC)CC3)nn2c(=O)c1N1CCN(C(=O)OC(C)(C)C)CC1.CCc1c(N2CCN(C(=O)OC(C)(C)C)CC2)c(=O)n2nc(C3=CCC(OC)CC3)nc2n1CC(=O)Nc1ccc(C(F)(F)F)nc1Cl. The van der Waals surface area contributed by atoms with Crippen LogP contribution in [0.4, 0.5) is 39.8 Å². The third-order valence-electron chi connectivity index (χ3n) is 14.2. The minimum Gasteiger partial charge on any atom is -0.444 e. The second-order valence-corrected chi connectivity index (χ2v) is 22.5. The molecule has 5 aromatic rings. The van der Waals surface area contributed by atoms with E-state index in [1.165, 1.54) is 9.03 Å². The van der Waals surface area contributed by atoms with Crippen molar-refractivity contribution in [3.8, 4) is 0 Å². The lowest BCUT2D eigenvalue weighted by molar-refractivity contribution is -0.141. The Morgan fingerprint density at radius 3 is 1.67 bits per heavy atom. The zero-order valence-electron chi connectivity index (χ0n) is 47.5. The first-order chi connectivity index (χ1) is 38.3. The van der Waals surface area contributed by atoms with Crippen LogP contribution < -0.4 is 26.2 Å². The van der Waals surface area contributed by atoms with Gasteiger partial charge in [0.2, 0.25) is 17.5 Å². The number of halogens is 4. The molecule has 0 bridgehead atoms. The number of nitrogens with one attached hydrogen (secondary N) is 2. The van der Waals surface area contributed by atoms with Crippen LogP contribution in [-0.2, 0) is 49.3 Å². The minimum absolute atomic E-state index is 0.0682. The van der Waals surface area contributed by atoms with E-state index in [1.54, 1.807) is 49.4 Å². The number of rotatable bonds is 11. The average molecular weight is 1150 g/mol. The molecule has 0 spiro atoms. The zero-order chi connectivity index (χ0) is 58.7. The predicted molar refractivity (Wildman–Crippen MR) is 298 cm³/mol. The minimum atomic E-state index is -4.71. The van der Waals surface area contributed by atoms with Crippen LogP contribution in [0.15, 0.2) is 33.9 Å². The van der Waals surface area contributed by atoms with Gasteiger partial charge in [-0.25, -0.2) is 14.6 Å². The molecule has 2 aliphatic heterocycles. The van der Waals surface area contributed by atoms with E-state index in [-0.39, 0.29) is 41.9 Å². The molecule has 0 radical (unpaired) electrons. The smallest absolute Gasteiger partial charge is 0.433 e. The quantitative estimate of drug-likeness (QED) is 0.122. The molecule has 440 valence electrons. The number of ether oxygens (including phenoxy) is 4. The Balaban J connectivity index is 0.000000227. The molecular weight excluding hydrogens is 1080 g/mol. The maximum absolute atomic E-state index is 14.1. The maximum atomic E-state index is 14.1. The van der Waals surface area contributed by atoms with E-state index in [0.29, 0.717) is 113 Å².